The molecule has 0 unspecified atom stereocenters. The molecule has 3 aromatic rings. The summed E-state index contributed by atoms with van der Waals surface area (Å²) >= 11 is 1.33. The number of carboxylic acids is 1. The van der Waals surface area contributed by atoms with Crippen molar-refractivity contribution < 1.29 is 19.4 Å². The number of amides is 1. The van der Waals surface area contributed by atoms with E-state index < -0.39 is 5.97 Å². The number of carboxylic acid groups (broad SMARTS) is 1. The summed E-state index contributed by atoms with van der Waals surface area (Å²) in [6, 6.07) is 9.64. The van der Waals surface area contributed by atoms with Crippen molar-refractivity contribution in [3.05, 3.63) is 40.8 Å². The van der Waals surface area contributed by atoms with Crippen LogP contribution in [0.15, 0.2) is 30.3 Å². The van der Waals surface area contributed by atoms with Gasteiger partial charge < -0.3 is 19.3 Å². The summed E-state index contributed by atoms with van der Waals surface area (Å²) in [6.07, 6.45) is 5.76. The lowest BCUT2D eigenvalue weighted by atomic mass is 9.83. The van der Waals surface area contributed by atoms with Crippen LogP contribution in [0.4, 0.5) is 0 Å². The first-order valence-corrected chi connectivity index (χ1v) is 11.5. The Balaban J connectivity index is 1.98. The van der Waals surface area contributed by atoms with E-state index in [0.717, 1.165) is 40.1 Å². The fourth-order valence-corrected chi connectivity index (χ4v) is 5.65. The number of hydrogen-bond donors (Lipinski definition) is 1. The number of fused-ring (bicyclic) bond motifs is 1. The first-order valence-electron chi connectivity index (χ1n) is 10.6. The molecular formula is C24H28N2O4S. The number of aromatic carboxylic acids is 1. The molecule has 1 amide bonds. The van der Waals surface area contributed by atoms with Crippen LogP contribution in [-0.2, 0) is 11.3 Å². The largest absolute Gasteiger partial charge is 0.497 e. The molecule has 164 valence electrons. The Hall–Kier alpha value is -2.80. The van der Waals surface area contributed by atoms with Crippen LogP contribution in [0.5, 0.6) is 5.75 Å². The zero-order valence-corrected chi connectivity index (χ0v) is 19.0. The van der Waals surface area contributed by atoms with E-state index in [4.69, 9.17) is 4.74 Å². The number of thiophene rings is 1. The zero-order valence-electron chi connectivity index (χ0n) is 18.2. The SMILES string of the molecule is COc1ccc(-c2c(C3CCCCC3)c3sc(C(=O)O)cc3n2CC(=O)N(C)C)cc1. The minimum absolute atomic E-state index is 0.0232. The molecule has 1 saturated carbocycles. The molecule has 0 radical (unpaired) electrons. The van der Waals surface area contributed by atoms with Crippen LogP contribution in [0.1, 0.15) is 53.3 Å². The molecule has 4 rings (SSSR count). The van der Waals surface area contributed by atoms with Gasteiger partial charge in [-0.3, -0.25) is 4.79 Å². The van der Waals surface area contributed by atoms with Crippen LogP contribution < -0.4 is 4.74 Å². The molecular weight excluding hydrogens is 412 g/mol. The van der Waals surface area contributed by atoms with Gasteiger partial charge >= 0.3 is 5.97 Å². The van der Waals surface area contributed by atoms with Crippen LogP contribution in [0.25, 0.3) is 21.5 Å². The van der Waals surface area contributed by atoms with Gasteiger partial charge in [-0.05, 0) is 60.2 Å². The second-order valence-corrected chi connectivity index (χ2v) is 9.38. The molecule has 2 heterocycles. The molecule has 1 aliphatic carbocycles. The Bertz CT molecular complexity index is 1100. The molecule has 0 atom stereocenters. The van der Waals surface area contributed by atoms with E-state index in [0.29, 0.717) is 10.8 Å². The number of ether oxygens (including phenoxy) is 1. The smallest absolute Gasteiger partial charge is 0.345 e. The van der Waals surface area contributed by atoms with Crippen LogP contribution in [0, 0.1) is 0 Å². The Morgan fingerprint density at radius 2 is 1.84 bits per heavy atom. The van der Waals surface area contributed by atoms with Crippen LogP contribution >= 0.6 is 11.3 Å². The highest BCUT2D eigenvalue weighted by molar-refractivity contribution is 7.21. The summed E-state index contributed by atoms with van der Waals surface area (Å²) < 4.78 is 8.35. The molecule has 1 fully saturated rings. The van der Waals surface area contributed by atoms with Crippen molar-refractivity contribution >= 4 is 33.4 Å². The van der Waals surface area contributed by atoms with Gasteiger partial charge in [0, 0.05) is 14.1 Å². The number of benzene rings is 1. The number of nitrogens with zero attached hydrogens (tertiary/aromatic N) is 2. The molecule has 1 aliphatic rings. The maximum absolute atomic E-state index is 12.7. The summed E-state index contributed by atoms with van der Waals surface area (Å²) in [4.78, 5) is 26.4. The lowest BCUT2D eigenvalue weighted by Crippen LogP contribution is -2.26. The van der Waals surface area contributed by atoms with E-state index in [1.54, 1.807) is 32.2 Å². The third-order valence-corrected chi connectivity index (χ3v) is 7.30. The minimum atomic E-state index is -0.924. The van der Waals surface area contributed by atoms with Crippen molar-refractivity contribution in [1.82, 2.24) is 9.47 Å². The van der Waals surface area contributed by atoms with E-state index in [-0.39, 0.29) is 12.5 Å². The Morgan fingerprint density at radius 3 is 2.42 bits per heavy atom. The number of hydrogen-bond acceptors (Lipinski definition) is 4. The first-order chi connectivity index (χ1) is 14.9. The Labute approximate surface area is 186 Å². The Morgan fingerprint density at radius 1 is 1.16 bits per heavy atom. The molecule has 0 bridgehead atoms. The zero-order chi connectivity index (χ0) is 22.1. The molecule has 0 aliphatic heterocycles. The van der Waals surface area contributed by atoms with Crippen molar-refractivity contribution in [2.24, 2.45) is 0 Å². The molecule has 6 nitrogen and oxygen atoms in total. The average Bonchev–Trinajstić information content (AvgIpc) is 3.32. The van der Waals surface area contributed by atoms with Crippen LogP contribution in [0.3, 0.4) is 0 Å². The topological polar surface area (TPSA) is 71.8 Å². The van der Waals surface area contributed by atoms with E-state index in [2.05, 4.69) is 0 Å². The third-order valence-electron chi connectivity index (χ3n) is 6.15. The second-order valence-electron chi connectivity index (χ2n) is 8.33. The van der Waals surface area contributed by atoms with Gasteiger partial charge in [-0.2, -0.15) is 0 Å². The predicted molar refractivity (Wildman–Crippen MR) is 123 cm³/mol. The fourth-order valence-electron chi connectivity index (χ4n) is 4.52. The highest BCUT2D eigenvalue weighted by Crippen LogP contribution is 2.47. The van der Waals surface area contributed by atoms with Crippen LogP contribution in [-0.4, -0.2) is 47.7 Å². The molecule has 0 spiro atoms. The van der Waals surface area contributed by atoms with Crippen molar-refractivity contribution in [3.63, 3.8) is 0 Å². The highest BCUT2D eigenvalue weighted by Gasteiger charge is 2.29. The molecule has 0 saturated heterocycles. The molecule has 2 aromatic heterocycles. The molecule has 1 aromatic carbocycles. The minimum Gasteiger partial charge on any atom is -0.497 e. The van der Waals surface area contributed by atoms with Gasteiger partial charge in [0.15, 0.2) is 0 Å². The summed E-state index contributed by atoms with van der Waals surface area (Å²) in [5.41, 5.74) is 4.09. The quantitative estimate of drug-likeness (QED) is 0.571. The monoisotopic (exact) mass is 440 g/mol. The summed E-state index contributed by atoms with van der Waals surface area (Å²) in [7, 11) is 5.13. The lowest BCUT2D eigenvalue weighted by Gasteiger charge is -2.24. The van der Waals surface area contributed by atoms with Gasteiger partial charge in [0.1, 0.15) is 17.2 Å². The van der Waals surface area contributed by atoms with Crippen molar-refractivity contribution in [2.75, 3.05) is 21.2 Å². The molecule has 1 N–H and O–H groups in total. The van der Waals surface area contributed by atoms with E-state index >= 15 is 0 Å². The van der Waals surface area contributed by atoms with Crippen molar-refractivity contribution in [3.8, 4) is 17.0 Å². The second kappa shape index (κ2) is 8.75. The molecule has 7 heteroatoms. The maximum Gasteiger partial charge on any atom is 0.345 e. The maximum atomic E-state index is 12.7. The van der Waals surface area contributed by atoms with Gasteiger partial charge in [-0.15, -0.1) is 11.3 Å². The summed E-state index contributed by atoms with van der Waals surface area (Å²) in [6.45, 7) is 0.174. The number of carbonyl (C=O) groups is 2. The number of aromatic nitrogens is 1. The lowest BCUT2D eigenvalue weighted by molar-refractivity contribution is -0.129. The summed E-state index contributed by atoms with van der Waals surface area (Å²) in [5, 5.41) is 9.62. The number of rotatable bonds is 6. The van der Waals surface area contributed by atoms with Gasteiger partial charge in [0.25, 0.3) is 0 Å². The summed E-state index contributed by atoms with van der Waals surface area (Å²) in [5.74, 6) is 0.196. The van der Waals surface area contributed by atoms with Crippen molar-refractivity contribution in [1.29, 1.82) is 0 Å². The van der Waals surface area contributed by atoms with Crippen LogP contribution in [0.2, 0.25) is 0 Å². The fraction of sp³-hybridized carbons (Fsp3) is 0.417. The van der Waals surface area contributed by atoms with Gasteiger partial charge in [-0.1, -0.05) is 19.3 Å². The normalized spacial score (nSPS) is 14.7. The van der Waals surface area contributed by atoms with Gasteiger partial charge in [-0.25, -0.2) is 4.79 Å². The van der Waals surface area contributed by atoms with E-state index in [9.17, 15) is 14.7 Å². The van der Waals surface area contributed by atoms with Crippen molar-refractivity contribution in [2.45, 2.75) is 44.6 Å². The first kappa shape index (κ1) is 21.4. The van der Waals surface area contributed by atoms with E-state index in [1.807, 2.05) is 28.8 Å². The highest BCUT2D eigenvalue weighted by atomic mass is 32.1. The predicted octanol–water partition coefficient (Wildman–Crippen LogP) is 5.21. The van der Waals surface area contributed by atoms with E-state index in [1.165, 1.54) is 36.2 Å². The Kier molecular flexibility index (Phi) is 6.05. The average molecular weight is 441 g/mol. The number of likely N-dealkylation sites (N-methyl/N-ethyl adjacent to an activating group) is 1. The van der Waals surface area contributed by atoms with Gasteiger partial charge in [0.2, 0.25) is 5.91 Å². The molecule has 31 heavy (non-hydrogen) atoms. The number of methoxy groups -OCH3 is 1. The standard InChI is InChI=1S/C24H28N2O4S/c1-25(2)20(27)14-26-18-13-19(24(28)29)31-23(18)21(15-7-5-4-6-8-15)22(26)16-9-11-17(30-3)12-10-16/h9-13,15H,4-8,14H2,1-3H3,(H,28,29). The number of carbonyl (C=O) groups excluding carboxylic acids is 1. The third kappa shape index (κ3) is 4.06. The van der Waals surface area contributed by atoms with Gasteiger partial charge in [0.05, 0.1) is 23.0 Å².